The Hall–Kier alpha value is -2.26. The van der Waals surface area contributed by atoms with Crippen LogP contribution in [0.5, 0.6) is 0 Å². The minimum Gasteiger partial charge on any atom is -0.465 e. The van der Waals surface area contributed by atoms with E-state index in [0.29, 0.717) is 18.8 Å². The van der Waals surface area contributed by atoms with Crippen LogP contribution in [0.1, 0.15) is 12.8 Å². The average molecular weight is 409 g/mol. The first kappa shape index (κ1) is 19.5. The van der Waals surface area contributed by atoms with Gasteiger partial charge in [-0.05, 0) is 43.2 Å². The second kappa shape index (κ2) is 7.77. The molecule has 1 saturated heterocycles. The number of carbonyl (C=O) groups is 1. The molecule has 1 fully saturated rings. The molecule has 0 spiro atoms. The molecule has 1 aromatic heterocycles. The van der Waals surface area contributed by atoms with Crippen LogP contribution in [0.15, 0.2) is 57.2 Å². The smallest absolute Gasteiger partial charge is 0.407 e. The summed E-state index contributed by atoms with van der Waals surface area (Å²) >= 11 is 1.59. The van der Waals surface area contributed by atoms with Crippen LogP contribution in [0.4, 0.5) is 4.79 Å². The number of carboxylic acid groups (broad SMARTS) is 1. The van der Waals surface area contributed by atoms with Crippen molar-refractivity contribution in [1.82, 2.24) is 9.47 Å². The van der Waals surface area contributed by atoms with E-state index in [0.717, 1.165) is 24.0 Å². The number of aromatic nitrogens is 1. The van der Waals surface area contributed by atoms with E-state index in [2.05, 4.69) is 0 Å². The fraction of sp³-hybridized carbons (Fsp3) is 0.333. The van der Waals surface area contributed by atoms with Crippen LogP contribution in [-0.2, 0) is 9.84 Å². The van der Waals surface area contributed by atoms with E-state index in [-0.39, 0.29) is 15.7 Å². The zero-order valence-electron chi connectivity index (χ0n) is 14.7. The minimum absolute atomic E-state index is 0.199. The van der Waals surface area contributed by atoms with E-state index >= 15 is 0 Å². The molecule has 0 radical (unpaired) electrons. The van der Waals surface area contributed by atoms with E-state index in [1.165, 1.54) is 21.6 Å². The number of hydrogen-bond acceptors (Lipinski definition) is 5. The van der Waals surface area contributed by atoms with Crippen molar-refractivity contribution in [2.24, 2.45) is 0 Å². The number of hydrogen-bond donors (Lipinski definition) is 1. The quantitative estimate of drug-likeness (QED) is 0.835. The minimum atomic E-state index is -3.28. The summed E-state index contributed by atoms with van der Waals surface area (Å²) in [6.07, 6.45) is 3.44. The molecule has 1 N–H and O–H groups in total. The highest BCUT2D eigenvalue weighted by atomic mass is 32.2. The number of rotatable bonds is 4. The Bertz CT molecular complexity index is 991. The molecule has 9 heteroatoms. The number of sulfone groups is 1. The first-order valence-electron chi connectivity index (χ1n) is 8.42. The predicted octanol–water partition coefficient (Wildman–Crippen LogP) is 2.48. The fourth-order valence-electron chi connectivity index (χ4n) is 2.96. The lowest BCUT2D eigenvalue weighted by Crippen LogP contribution is -2.38. The summed E-state index contributed by atoms with van der Waals surface area (Å²) in [5, 5.41) is 9.28. The van der Waals surface area contributed by atoms with E-state index < -0.39 is 15.9 Å². The molecule has 27 heavy (non-hydrogen) atoms. The van der Waals surface area contributed by atoms with Crippen molar-refractivity contribution in [2.45, 2.75) is 27.9 Å². The maximum atomic E-state index is 12.5. The molecule has 144 valence electrons. The van der Waals surface area contributed by atoms with Gasteiger partial charge in [0.05, 0.1) is 4.90 Å². The van der Waals surface area contributed by atoms with Crippen molar-refractivity contribution in [1.29, 1.82) is 0 Å². The van der Waals surface area contributed by atoms with Gasteiger partial charge in [-0.2, -0.15) is 0 Å². The number of nitrogens with zero attached hydrogens (tertiary/aromatic N) is 2. The molecule has 1 amide bonds. The van der Waals surface area contributed by atoms with Gasteiger partial charge in [0, 0.05) is 47.4 Å². The maximum Gasteiger partial charge on any atom is 0.407 e. The maximum absolute atomic E-state index is 12.5. The van der Waals surface area contributed by atoms with E-state index in [1.54, 1.807) is 36.2 Å². The van der Waals surface area contributed by atoms with E-state index in [9.17, 15) is 18.0 Å². The normalized spacial score (nSPS) is 15.7. The molecule has 1 aliphatic rings. The third-order valence-corrected chi connectivity index (χ3v) is 6.91. The topological polar surface area (TPSA) is 96.7 Å². The van der Waals surface area contributed by atoms with Gasteiger partial charge in [0.1, 0.15) is 0 Å². The van der Waals surface area contributed by atoms with Crippen LogP contribution in [0.2, 0.25) is 0 Å². The van der Waals surface area contributed by atoms with E-state index in [1.807, 2.05) is 6.07 Å². The molecule has 1 aliphatic heterocycles. The Morgan fingerprint density at radius 1 is 1.15 bits per heavy atom. The zero-order chi connectivity index (χ0) is 19.6. The molecule has 0 bridgehead atoms. The molecule has 7 nitrogen and oxygen atoms in total. The molecular weight excluding hydrogens is 388 g/mol. The molecule has 3 rings (SSSR count). The Balaban J connectivity index is 1.71. The molecule has 0 atom stereocenters. The number of amides is 1. The Morgan fingerprint density at radius 3 is 2.30 bits per heavy atom. The van der Waals surface area contributed by atoms with Crippen LogP contribution >= 0.6 is 11.8 Å². The van der Waals surface area contributed by atoms with Crippen molar-refractivity contribution in [3.05, 3.63) is 52.9 Å². The SMILES string of the molecule is CS(=O)(=O)c1ccc(-n2ccc(SC3CCN(C(=O)O)CC3)cc2=O)cc1. The van der Waals surface area contributed by atoms with Crippen molar-refractivity contribution in [3.63, 3.8) is 0 Å². The van der Waals surface area contributed by atoms with Crippen LogP contribution in [0.25, 0.3) is 5.69 Å². The molecule has 0 aliphatic carbocycles. The summed E-state index contributed by atoms with van der Waals surface area (Å²) in [4.78, 5) is 25.9. The molecular formula is C18H20N2O5S2. The first-order valence-corrected chi connectivity index (χ1v) is 11.2. The average Bonchev–Trinajstić information content (AvgIpc) is 2.62. The van der Waals surface area contributed by atoms with Crippen molar-refractivity contribution in [3.8, 4) is 5.69 Å². The van der Waals surface area contributed by atoms with Gasteiger partial charge >= 0.3 is 6.09 Å². The third kappa shape index (κ3) is 4.72. The van der Waals surface area contributed by atoms with Crippen molar-refractivity contribution >= 4 is 27.7 Å². The molecule has 1 aromatic carbocycles. The van der Waals surface area contributed by atoms with Gasteiger partial charge in [0.2, 0.25) is 0 Å². The second-order valence-electron chi connectivity index (χ2n) is 6.42. The van der Waals surface area contributed by atoms with Crippen molar-refractivity contribution in [2.75, 3.05) is 19.3 Å². The number of piperidine rings is 1. The molecule has 2 heterocycles. The standard InChI is InChI=1S/C18H20N2O5S2/c1-27(24,25)16-4-2-13(3-5-16)20-11-8-15(12-17(20)21)26-14-6-9-19(10-7-14)18(22)23/h2-5,8,11-12,14H,6-7,9-10H2,1H3,(H,22,23). The Morgan fingerprint density at radius 2 is 1.78 bits per heavy atom. The highest BCUT2D eigenvalue weighted by molar-refractivity contribution is 8.00. The molecule has 0 unspecified atom stereocenters. The van der Waals surface area contributed by atoms with Crippen LogP contribution in [0.3, 0.4) is 0 Å². The second-order valence-corrected chi connectivity index (χ2v) is 9.81. The lowest BCUT2D eigenvalue weighted by atomic mass is 10.1. The lowest BCUT2D eigenvalue weighted by Gasteiger charge is -2.29. The third-order valence-electron chi connectivity index (χ3n) is 4.45. The van der Waals surface area contributed by atoms with Gasteiger partial charge in [-0.25, -0.2) is 13.2 Å². The largest absolute Gasteiger partial charge is 0.465 e. The summed E-state index contributed by atoms with van der Waals surface area (Å²) < 4.78 is 24.5. The number of pyridine rings is 1. The summed E-state index contributed by atoms with van der Waals surface area (Å²) in [7, 11) is -3.28. The monoisotopic (exact) mass is 408 g/mol. The predicted molar refractivity (Wildman–Crippen MR) is 104 cm³/mol. The summed E-state index contributed by atoms with van der Waals surface area (Å²) in [6, 6.07) is 9.57. The van der Waals surface area contributed by atoms with Gasteiger partial charge in [0.15, 0.2) is 9.84 Å². The number of likely N-dealkylation sites (tertiary alicyclic amines) is 1. The van der Waals surface area contributed by atoms with Crippen molar-refractivity contribution < 1.29 is 18.3 Å². The van der Waals surface area contributed by atoms with E-state index in [4.69, 9.17) is 5.11 Å². The first-order chi connectivity index (χ1) is 12.7. The Kier molecular flexibility index (Phi) is 5.61. The van der Waals surface area contributed by atoms with Gasteiger partial charge in [-0.1, -0.05) is 0 Å². The number of benzene rings is 1. The highest BCUT2D eigenvalue weighted by Crippen LogP contribution is 2.29. The van der Waals surface area contributed by atoms with Gasteiger partial charge in [-0.3, -0.25) is 9.36 Å². The van der Waals surface area contributed by atoms with Gasteiger partial charge < -0.3 is 10.0 Å². The zero-order valence-corrected chi connectivity index (χ0v) is 16.4. The molecule has 2 aromatic rings. The highest BCUT2D eigenvalue weighted by Gasteiger charge is 2.23. The Labute approximate surface area is 161 Å². The number of thioether (sulfide) groups is 1. The van der Waals surface area contributed by atoms with Crippen LogP contribution in [-0.4, -0.2) is 53.7 Å². The van der Waals surface area contributed by atoms with Crippen LogP contribution in [0, 0.1) is 0 Å². The summed E-state index contributed by atoms with van der Waals surface area (Å²) in [5.41, 5.74) is 0.397. The van der Waals surface area contributed by atoms with Gasteiger partial charge in [-0.15, -0.1) is 11.8 Å². The lowest BCUT2D eigenvalue weighted by molar-refractivity contribution is 0.136. The molecule has 0 saturated carbocycles. The fourth-order valence-corrected chi connectivity index (χ4v) is 4.73. The van der Waals surface area contributed by atoms with Crippen LogP contribution < -0.4 is 5.56 Å². The van der Waals surface area contributed by atoms with Gasteiger partial charge in [0.25, 0.3) is 5.56 Å². The summed E-state index contributed by atoms with van der Waals surface area (Å²) in [5.74, 6) is 0. The summed E-state index contributed by atoms with van der Waals surface area (Å²) in [6.45, 7) is 1.02.